The first kappa shape index (κ1) is 17.9. The quantitative estimate of drug-likeness (QED) is 0.776. The molecule has 0 bridgehead atoms. The summed E-state index contributed by atoms with van der Waals surface area (Å²) in [6.07, 6.45) is 0. The molecule has 2 rings (SSSR count). The highest BCUT2D eigenvalue weighted by molar-refractivity contribution is 5.73. The first-order valence-electron chi connectivity index (χ1n) is 7.89. The Balaban J connectivity index is 2.04. The topological polar surface area (TPSA) is 58.6 Å². The van der Waals surface area contributed by atoms with Crippen LogP contribution in [0.25, 0.3) is 0 Å². The van der Waals surface area contributed by atoms with Crippen molar-refractivity contribution in [1.82, 2.24) is 5.32 Å². The van der Waals surface area contributed by atoms with E-state index in [9.17, 15) is 14.3 Å². The fourth-order valence-corrected chi connectivity index (χ4v) is 2.39. The number of aliphatic carboxylic acids is 1. The summed E-state index contributed by atoms with van der Waals surface area (Å²) in [5.41, 5.74) is 1.31. The van der Waals surface area contributed by atoms with Gasteiger partial charge in [0.1, 0.15) is 24.2 Å². The molecule has 0 aliphatic rings. The van der Waals surface area contributed by atoms with Crippen molar-refractivity contribution >= 4 is 5.97 Å². The van der Waals surface area contributed by atoms with E-state index < -0.39 is 12.0 Å². The van der Waals surface area contributed by atoms with Gasteiger partial charge in [-0.15, -0.1) is 0 Å². The number of hydrogen-bond donors (Lipinski definition) is 2. The number of ether oxygens (including phenoxy) is 1. The molecule has 0 radical (unpaired) electrons. The van der Waals surface area contributed by atoms with Crippen molar-refractivity contribution in [1.29, 1.82) is 0 Å². The molecule has 2 aromatic rings. The van der Waals surface area contributed by atoms with Gasteiger partial charge in [-0.2, -0.15) is 0 Å². The Labute approximate surface area is 141 Å². The molecule has 0 saturated carbocycles. The molecule has 0 spiro atoms. The van der Waals surface area contributed by atoms with Gasteiger partial charge < -0.3 is 9.84 Å². The van der Waals surface area contributed by atoms with Crippen LogP contribution in [0.15, 0.2) is 48.5 Å². The standard InChI is InChI=1S/C19H22FNO3/c1-13(2)18(19(22)23)21-11-14-7-4-6-10-17(14)24-12-15-8-3-5-9-16(15)20/h3-10,13,18,21H,11-12H2,1-2H3,(H,22,23). The molecule has 0 aliphatic carbocycles. The predicted molar refractivity (Wildman–Crippen MR) is 90.3 cm³/mol. The van der Waals surface area contributed by atoms with E-state index in [1.165, 1.54) is 6.07 Å². The number of benzene rings is 2. The van der Waals surface area contributed by atoms with Crippen molar-refractivity contribution in [2.24, 2.45) is 5.92 Å². The maximum Gasteiger partial charge on any atom is 0.320 e. The number of carboxylic acids is 1. The maximum absolute atomic E-state index is 13.7. The zero-order chi connectivity index (χ0) is 17.5. The summed E-state index contributed by atoms with van der Waals surface area (Å²) in [5, 5.41) is 12.3. The molecule has 0 aromatic heterocycles. The Morgan fingerprint density at radius 3 is 2.38 bits per heavy atom. The Kier molecular flexibility index (Phi) is 6.32. The summed E-state index contributed by atoms with van der Waals surface area (Å²) in [4.78, 5) is 11.3. The van der Waals surface area contributed by atoms with E-state index in [0.29, 0.717) is 17.9 Å². The largest absolute Gasteiger partial charge is 0.488 e. The number of para-hydroxylation sites is 1. The molecule has 2 aromatic carbocycles. The minimum absolute atomic E-state index is 0.0333. The van der Waals surface area contributed by atoms with Gasteiger partial charge in [0.2, 0.25) is 0 Å². The lowest BCUT2D eigenvalue weighted by Gasteiger charge is -2.19. The molecule has 0 fully saturated rings. The summed E-state index contributed by atoms with van der Waals surface area (Å²) < 4.78 is 19.4. The molecule has 0 aliphatic heterocycles. The van der Waals surface area contributed by atoms with Crippen LogP contribution in [0.1, 0.15) is 25.0 Å². The van der Waals surface area contributed by atoms with Crippen molar-refractivity contribution in [2.75, 3.05) is 0 Å². The van der Waals surface area contributed by atoms with Crippen LogP contribution in [0.2, 0.25) is 0 Å². The molecule has 4 nitrogen and oxygen atoms in total. The molecular weight excluding hydrogens is 309 g/mol. The SMILES string of the molecule is CC(C)C(NCc1ccccc1OCc1ccccc1F)C(=O)O. The minimum atomic E-state index is -0.880. The maximum atomic E-state index is 13.7. The van der Waals surface area contributed by atoms with Gasteiger partial charge in [0.05, 0.1) is 0 Å². The highest BCUT2D eigenvalue weighted by atomic mass is 19.1. The number of hydrogen-bond acceptors (Lipinski definition) is 3. The van der Waals surface area contributed by atoms with Gasteiger partial charge in [0.15, 0.2) is 0 Å². The lowest BCUT2D eigenvalue weighted by Crippen LogP contribution is -2.40. The zero-order valence-electron chi connectivity index (χ0n) is 13.8. The van der Waals surface area contributed by atoms with E-state index in [4.69, 9.17) is 4.74 Å². The van der Waals surface area contributed by atoms with E-state index in [1.807, 2.05) is 32.0 Å². The van der Waals surface area contributed by atoms with Crippen LogP contribution in [-0.4, -0.2) is 17.1 Å². The Bertz CT molecular complexity index is 688. The van der Waals surface area contributed by atoms with Gasteiger partial charge in [-0.3, -0.25) is 10.1 Å². The van der Waals surface area contributed by atoms with Crippen molar-refractivity contribution < 1.29 is 19.0 Å². The van der Waals surface area contributed by atoms with Gasteiger partial charge in [0, 0.05) is 17.7 Å². The average molecular weight is 331 g/mol. The third-order valence-electron chi connectivity index (χ3n) is 3.76. The predicted octanol–water partition coefficient (Wildman–Crippen LogP) is 3.60. The fraction of sp³-hybridized carbons (Fsp3) is 0.316. The third kappa shape index (κ3) is 4.80. The summed E-state index contributed by atoms with van der Waals surface area (Å²) in [6.45, 7) is 4.19. The number of rotatable bonds is 8. The van der Waals surface area contributed by atoms with Gasteiger partial charge in [0.25, 0.3) is 0 Å². The second kappa shape index (κ2) is 8.45. The summed E-state index contributed by atoms with van der Waals surface area (Å²) in [6, 6.07) is 13.2. The van der Waals surface area contributed by atoms with Crippen LogP contribution in [0.5, 0.6) is 5.75 Å². The van der Waals surface area contributed by atoms with Crippen molar-refractivity contribution in [3.05, 3.63) is 65.5 Å². The van der Waals surface area contributed by atoms with E-state index in [2.05, 4.69) is 5.32 Å². The van der Waals surface area contributed by atoms with Crippen molar-refractivity contribution in [3.63, 3.8) is 0 Å². The number of carboxylic acid groups (broad SMARTS) is 1. The van der Waals surface area contributed by atoms with E-state index in [-0.39, 0.29) is 18.3 Å². The molecule has 0 saturated heterocycles. The molecule has 0 heterocycles. The van der Waals surface area contributed by atoms with Gasteiger partial charge in [-0.25, -0.2) is 4.39 Å². The molecule has 128 valence electrons. The second-order valence-corrected chi connectivity index (χ2v) is 5.93. The van der Waals surface area contributed by atoms with Crippen molar-refractivity contribution in [2.45, 2.75) is 33.0 Å². The zero-order valence-corrected chi connectivity index (χ0v) is 13.8. The lowest BCUT2D eigenvalue weighted by atomic mass is 10.0. The molecule has 0 amide bonds. The van der Waals surface area contributed by atoms with Crippen LogP contribution >= 0.6 is 0 Å². The Morgan fingerprint density at radius 1 is 1.12 bits per heavy atom. The minimum Gasteiger partial charge on any atom is -0.488 e. The molecule has 1 unspecified atom stereocenters. The van der Waals surface area contributed by atoms with Gasteiger partial charge in [-0.1, -0.05) is 50.2 Å². The van der Waals surface area contributed by atoms with E-state index in [0.717, 1.165) is 5.56 Å². The average Bonchev–Trinajstić information content (AvgIpc) is 2.54. The van der Waals surface area contributed by atoms with E-state index >= 15 is 0 Å². The van der Waals surface area contributed by atoms with Crippen LogP contribution < -0.4 is 10.1 Å². The summed E-state index contributed by atoms with van der Waals surface area (Å²) in [7, 11) is 0. The Morgan fingerprint density at radius 2 is 1.75 bits per heavy atom. The molecule has 2 N–H and O–H groups in total. The number of nitrogens with one attached hydrogen (secondary N) is 1. The monoisotopic (exact) mass is 331 g/mol. The fourth-order valence-electron chi connectivity index (χ4n) is 2.39. The normalized spacial score (nSPS) is 12.2. The number of halogens is 1. The van der Waals surface area contributed by atoms with Crippen LogP contribution in [0, 0.1) is 11.7 Å². The third-order valence-corrected chi connectivity index (χ3v) is 3.76. The highest BCUT2D eigenvalue weighted by Gasteiger charge is 2.21. The Hall–Kier alpha value is -2.40. The number of carbonyl (C=O) groups is 1. The van der Waals surface area contributed by atoms with Gasteiger partial charge in [-0.05, 0) is 18.1 Å². The van der Waals surface area contributed by atoms with E-state index in [1.54, 1.807) is 24.3 Å². The lowest BCUT2D eigenvalue weighted by molar-refractivity contribution is -0.140. The van der Waals surface area contributed by atoms with Gasteiger partial charge >= 0.3 is 5.97 Å². The van der Waals surface area contributed by atoms with Crippen LogP contribution in [-0.2, 0) is 17.9 Å². The molecule has 1 atom stereocenters. The van der Waals surface area contributed by atoms with Crippen LogP contribution in [0.4, 0.5) is 4.39 Å². The highest BCUT2D eigenvalue weighted by Crippen LogP contribution is 2.20. The second-order valence-electron chi connectivity index (χ2n) is 5.93. The first-order chi connectivity index (χ1) is 11.5. The van der Waals surface area contributed by atoms with Crippen molar-refractivity contribution in [3.8, 4) is 5.75 Å². The molecular formula is C19H22FNO3. The molecule has 5 heteroatoms. The smallest absolute Gasteiger partial charge is 0.320 e. The first-order valence-corrected chi connectivity index (χ1v) is 7.89. The molecule has 24 heavy (non-hydrogen) atoms. The van der Waals surface area contributed by atoms with Crippen LogP contribution in [0.3, 0.4) is 0 Å². The summed E-state index contributed by atoms with van der Waals surface area (Å²) >= 11 is 0. The summed E-state index contributed by atoms with van der Waals surface area (Å²) in [5.74, 6) is -0.608.